The molecule has 2 aliphatic rings. The van der Waals surface area contributed by atoms with Crippen LogP contribution in [0.5, 0.6) is 0 Å². The number of nitrogens with one attached hydrogen (secondary N) is 2. The van der Waals surface area contributed by atoms with Gasteiger partial charge >= 0.3 is 0 Å². The number of ether oxygens (including phenoxy) is 1. The van der Waals surface area contributed by atoms with E-state index in [-0.39, 0.29) is 0 Å². The third kappa shape index (κ3) is 6.43. The van der Waals surface area contributed by atoms with Crippen molar-refractivity contribution in [2.45, 2.75) is 26.7 Å². The molecule has 0 saturated carbocycles. The number of nitrogens with zero attached hydrogens (tertiary/aromatic N) is 3. The molecule has 1 aromatic carbocycles. The zero-order valence-corrected chi connectivity index (χ0v) is 20.1. The SMILES string of the molecule is C=CCNC(=S)NN=CC1=C(N2CCOCC2)C(=Cc2ccc(N(CC)CC)cc2)CC1. The number of rotatable bonds is 9. The maximum absolute atomic E-state index is 5.59. The van der Waals surface area contributed by atoms with Crippen LogP contribution in [0.15, 0.2) is 58.9 Å². The summed E-state index contributed by atoms with van der Waals surface area (Å²) in [5.74, 6) is 0. The Labute approximate surface area is 197 Å². The number of hydrazone groups is 1. The van der Waals surface area contributed by atoms with Crippen molar-refractivity contribution < 1.29 is 4.74 Å². The zero-order valence-electron chi connectivity index (χ0n) is 19.3. The molecule has 0 unspecified atom stereocenters. The van der Waals surface area contributed by atoms with Crippen LogP contribution in [-0.4, -0.2) is 62.2 Å². The van der Waals surface area contributed by atoms with Gasteiger partial charge in [0.1, 0.15) is 0 Å². The molecule has 2 N–H and O–H groups in total. The van der Waals surface area contributed by atoms with Crippen molar-refractivity contribution in [3.05, 3.63) is 59.3 Å². The van der Waals surface area contributed by atoms with E-state index in [1.807, 2.05) is 6.21 Å². The van der Waals surface area contributed by atoms with Crippen molar-refractivity contribution >= 4 is 35.3 Å². The van der Waals surface area contributed by atoms with E-state index in [0.29, 0.717) is 11.7 Å². The van der Waals surface area contributed by atoms with Gasteiger partial charge < -0.3 is 19.9 Å². The van der Waals surface area contributed by atoms with Gasteiger partial charge in [0.15, 0.2) is 5.11 Å². The average Bonchev–Trinajstić information content (AvgIpc) is 3.22. The molecule has 6 nitrogen and oxygen atoms in total. The predicted molar refractivity (Wildman–Crippen MR) is 139 cm³/mol. The Hall–Kier alpha value is -2.64. The molecule has 3 rings (SSSR count). The number of hydrogen-bond donors (Lipinski definition) is 2. The minimum absolute atomic E-state index is 0.497. The molecule has 1 aliphatic heterocycles. The van der Waals surface area contributed by atoms with E-state index in [1.54, 1.807) is 6.08 Å². The predicted octanol–water partition coefficient (Wildman–Crippen LogP) is 3.93. The first kappa shape index (κ1) is 24.0. The normalized spacial score (nSPS) is 17.8. The highest BCUT2D eigenvalue weighted by Gasteiger charge is 2.25. The van der Waals surface area contributed by atoms with E-state index in [2.05, 4.69) is 76.4 Å². The van der Waals surface area contributed by atoms with Gasteiger partial charge in [-0.25, -0.2) is 0 Å². The van der Waals surface area contributed by atoms with Gasteiger partial charge in [0.05, 0.1) is 19.4 Å². The molecule has 1 fully saturated rings. The molecule has 0 spiro atoms. The Balaban J connectivity index is 1.81. The third-order valence-electron chi connectivity index (χ3n) is 5.76. The van der Waals surface area contributed by atoms with Gasteiger partial charge in [-0.15, -0.1) is 6.58 Å². The van der Waals surface area contributed by atoms with E-state index in [0.717, 1.165) is 52.2 Å². The minimum Gasteiger partial charge on any atom is -0.378 e. The lowest BCUT2D eigenvalue weighted by Gasteiger charge is -2.31. The smallest absolute Gasteiger partial charge is 0.187 e. The summed E-state index contributed by atoms with van der Waals surface area (Å²) in [6.45, 7) is 14.0. The largest absolute Gasteiger partial charge is 0.378 e. The standard InChI is InChI=1S/C25H35N5OS/c1-4-13-26-25(32)28-27-19-22-10-9-21(24(22)30-14-16-31-17-15-30)18-20-7-11-23(12-8-20)29(5-2)6-3/h4,7-8,11-12,18-19H,1,5-6,9-10,13-17H2,2-3H3,(H2,26,28,32). The molecule has 1 heterocycles. The second-order valence-corrected chi connectivity index (χ2v) is 8.18. The Bertz CT molecular complexity index is 865. The van der Waals surface area contributed by atoms with Crippen molar-refractivity contribution in [2.75, 3.05) is 50.8 Å². The van der Waals surface area contributed by atoms with Gasteiger partial charge in [-0.2, -0.15) is 5.10 Å². The summed E-state index contributed by atoms with van der Waals surface area (Å²) in [4.78, 5) is 4.80. The summed E-state index contributed by atoms with van der Waals surface area (Å²) in [7, 11) is 0. The van der Waals surface area contributed by atoms with Gasteiger partial charge in [0, 0.05) is 44.1 Å². The van der Waals surface area contributed by atoms with Crippen molar-refractivity contribution in [3.8, 4) is 0 Å². The molecule has 7 heteroatoms. The fraction of sp³-hybridized carbons (Fsp3) is 0.440. The summed E-state index contributed by atoms with van der Waals surface area (Å²) < 4.78 is 5.59. The van der Waals surface area contributed by atoms with Crippen molar-refractivity contribution in [1.29, 1.82) is 0 Å². The van der Waals surface area contributed by atoms with Gasteiger partial charge in [0.2, 0.25) is 0 Å². The van der Waals surface area contributed by atoms with Gasteiger partial charge in [-0.05, 0) is 73.8 Å². The van der Waals surface area contributed by atoms with Crippen molar-refractivity contribution in [3.63, 3.8) is 0 Å². The Morgan fingerprint density at radius 1 is 1.19 bits per heavy atom. The molecule has 0 radical (unpaired) electrons. The second kappa shape index (κ2) is 12.4. The van der Waals surface area contributed by atoms with E-state index in [1.165, 1.54) is 28.1 Å². The fourth-order valence-corrected chi connectivity index (χ4v) is 4.25. The van der Waals surface area contributed by atoms with E-state index < -0.39 is 0 Å². The van der Waals surface area contributed by atoms with Crippen LogP contribution >= 0.6 is 12.2 Å². The van der Waals surface area contributed by atoms with Crippen LogP contribution < -0.4 is 15.6 Å². The molecule has 172 valence electrons. The summed E-state index contributed by atoms with van der Waals surface area (Å²) in [5.41, 5.74) is 9.28. The minimum atomic E-state index is 0.497. The zero-order chi connectivity index (χ0) is 22.8. The van der Waals surface area contributed by atoms with Crippen LogP contribution in [0.2, 0.25) is 0 Å². The first-order valence-electron chi connectivity index (χ1n) is 11.5. The molecule has 1 aliphatic carbocycles. The molecule has 0 amide bonds. The molecule has 1 saturated heterocycles. The third-order valence-corrected chi connectivity index (χ3v) is 5.99. The van der Waals surface area contributed by atoms with Crippen LogP contribution in [0.4, 0.5) is 5.69 Å². The van der Waals surface area contributed by atoms with Crippen molar-refractivity contribution in [2.24, 2.45) is 5.10 Å². The molecular weight excluding hydrogens is 418 g/mol. The van der Waals surface area contributed by atoms with Crippen LogP contribution in [0.1, 0.15) is 32.3 Å². The first-order valence-corrected chi connectivity index (χ1v) is 11.9. The lowest BCUT2D eigenvalue weighted by molar-refractivity contribution is 0.0548. The molecule has 0 aromatic heterocycles. The lowest BCUT2D eigenvalue weighted by atomic mass is 10.1. The van der Waals surface area contributed by atoms with Crippen LogP contribution in [0.25, 0.3) is 6.08 Å². The number of anilines is 1. The monoisotopic (exact) mass is 453 g/mol. The van der Waals surface area contributed by atoms with Crippen LogP contribution in [-0.2, 0) is 4.74 Å². The van der Waals surface area contributed by atoms with Crippen LogP contribution in [0, 0.1) is 0 Å². The summed E-state index contributed by atoms with van der Waals surface area (Å²) in [5, 5.41) is 7.90. The lowest BCUT2D eigenvalue weighted by Crippen LogP contribution is -2.36. The molecular formula is C25H35N5OS. The van der Waals surface area contributed by atoms with E-state index in [9.17, 15) is 0 Å². The highest BCUT2D eigenvalue weighted by atomic mass is 32.1. The maximum Gasteiger partial charge on any atom is 0.187 e. The quantitative estimate of drug-likeness (QED) is 0.256. The highest BCUT2D eigenvalue weighted by molar-refractivity contribution is 7.80. The average molecular weight is 454 g/mol. The number of benzene rings is 1. The Morgan fingerprint density at radius 2 is 1.91 bits per heavy atom. The topological polar surface area (TPSA) is 52.1 Å². The highest BCUT2D eigenvalue weighted by Crippen LogP contribution is 2.35. The molecule has 1 aromatic rings. The van der Waals surface area contributed by atoms with Gasteiger partial charge in [0.25, 0.3) is 0 Å². The number of allylic oxidation sites excluding steroid dienone is 2. The van der Waals surface area contributed by atoms with Crippen molar-refractivity contribution in [1.82, 2.24) is 15.6 Å². The summed E-state index contributed by atoms with van der Waals surface area (Å²) in [6.07, 6.45) is 7.97. The summed E-state index contributed by atoms with van der Waals surface area (Å²) >= 11 is 5.23. The molecule has 32 heavy (non-hydrogen) atoms. The second-order valence-electron chi connectivity index (χ2n) is 7.78. The van der Waals surface area contributed by atoms with Gasteiger partial charge in [-0.3, -0.25) is 5.43 Å². The van der Waals surface area contributed by atoms with Gasteiger partial charge in [-0.1, -0.05) is 18.2 Å². The number of thiocarbonyl (C=S) groups is 1. The molecule has 0 bridgehead atoms. The first-order chi connectivity index (χ1) is 15.7. The molecule has 0 atom stereocenters. The summed E-state index contributed by atoms with van der Waals surface area (Å²) in [6, 6.07) is 8.87. The Morgan fingerprint density at radius 3 is 2.56 bits per heavy atom. The number of morpholine rings is 1. The maximum atomic E-state index is 5.59. The van der Waals surface area contributed by atoms with E-state index >= 15 is 0 Å². The fourth-order valence-electron chi connectivity index (χ4n) is 4.12. The van der Waals surface area contributed by atoms with Crippen LogP contribution in [0.3, 0.4) is 0 Å². The number of hydrogen-bond acceptors (Lipinski definition) is 5. The Kier molecular flexibility index (Phi) is 9.31. The van der Waals surface area contributed by atoms with E-state index in [4.69, 9.17) is 17.0 Å².